The van der Waals surface area contributed by atoms with Gasteiger partial charge in [0, 0.05) is 25.6 Å². The van der Waals surface area contributed by atoms with Crippen LogP contribution in [0.3, 0.4) is 0 Å². The van der Waals surface area contributed by atoms with Crippen LogP contribution < -0.4 is 9.47 Å². The Hall–Kier alpha value is -2.15. The molecule has 0 aromatic heterocycles. The summed E-state index contributed by atoms with van der Waals surface area (Å²) < 4.78 is 98.4. The van der Waals surface area contributed by atoms with Crippen molar-refractivity contribution < 1.29 is 44.6 Å². The smallest absolute Gasteiger partial charge is 0.410 e. The van der Waals surface area contributed by atoms with E-state index in [0.29, 0.717) is 11.3 Å². The molecule has 0 bridgehead atoms. The normalized spacial score (nSPS) is 24.3. The van der Waals surface area contributed by atoms with E-state index in [9.17, 15) is 35.2 Å². The third-order valence-electron chi connectivity index (χ3n) is 4.45. The molecule has 0 radical (unpaired) electrons. The Morgan fingerprint density at radius 3 is 2.31 bits per heavy atom. The number of ether oxygens (including phenoxy) is 2. The van der Waals surface area contributed by atoms with Crippen LogP contribution in [-0.2, 0) is 10.0 Å². The minimum atomic E-state index is -4.89. The molecular weight excluding hydrogens is 427 g/mol. The van der Waals surface area contributed by atoms with Crippen molar-refractivity contribution in [1.82, 2.24) is 9.21 Å². The first kappa shape index (κ1) is 21.6. The highest BCUT2D eigenvalue weighted by Gasteiger charge is 2.48. The first-order valence-electron chi connectivity index (χ1n) is 8.55. The van der Waals surface area contributed by atoms with Crippen molar-refractivity contribution in [2.24, 2.45) is 0 Å². The van der Waals surface area contributed by atoms with E-state index >= 15 is 0 Å². The molecule has 2 heterocycles. The molecule has 1 atom stereocenters. The molecule has 2 saturated heterocycles. The first-order chi connectivity index (χ1) is 13.3. The van der Waals surface area contributed by atoms with E-state index in [-0.39, 0.29) is 24.6 Å². The van der Waals surface area contributed by atoms with Gasteiger partial charge in [0.2, 0.25) is 10.0 Å². The fraction of sp³-hybridized carbons (Fsp3) is 0.562. The van der Waals surface area contributed by atoms with Crippen LogP contribution in [-0.4, -0.2) is 67.4 Å². The number of carbonyl (C=O) groups excluding carboxylic acids is 1. The minimum Gasteiger partial charge on any atom is -0.410 e. The summed E-state index contributed by atoms with van der Waals surface area (Å²) in [6.45, 7) is -1.12. The van der Waals surface area contributed by atoms with Gasteiger partial charge in [-0.15, -0.1) is 13.2 Å². The van der Waals surface area contributed by atoms with Gasteiger partial charge in [0.25, 0.3) is 5.92 Å². The maximum atomic E-state index is 14.1. The Kier molecular flexibility index (Phi) is 5.64. The summed E-state index contributed by atoms with van der Waals surface area (Å²) in [6, 6.07) is 2.76. The Balaban J connectivity index is 1.68. The molecule has 1 aromatic carbocycles. The van der Waals surface area contributed by atoms with Crippen LogP contribution in [0, 0.1) is 0 Å². The number of alkyl halides is 5. The van der Waals surface area contributed by atoms with Crippen molar-refractivity contribution in [1.29, 1.82) is 0 Å². The molecule has 2 aliphatic rings. The topological polar surface area (TPSA) is 76.2 Å². The monoisotopic (exact) mass is 444 g/mol. The van der Waals surface area contributed by atoms with Gasteiger partial charge in [-0.3, -0.25) is 0 Å². The first-order valence-corrected chi connectivity index (χ1v) is 10.2. The lowest BCUT2D eigenvalue weighted by atomic mass is 10.0. The van der Waals surface area contributed by atoms with Crippen LogP contribution in [0.1, 0.15) is 12.8 Å². The van der Waals surface area contributed by atoms with E-state index in [1.807, 2.05) is 0 Å². The lowest BCUT2D eigenvalue weighted by Crippen LogP contribution is -2.57. The molecule has 2 fully saturated rings. The SMILES string of the molecule is O=C(Oc1ccc(OC(F)(F)F)cc1)N1C[C@H](N2CCCS2(=O)=O)CC(F)(F)C1. The molecule has 0 saturated carbocycles. The molecule has 1 amide bonds. The Bertz CT molecular complexity index is 859. The van der Waals surface area contributed by atoms with Crippen molar-refractivity contribution in [3.63, 3.8) is 0 Å². The number of halogens is 5. The van der Waals surface area contributed by atoms with E-state index in [1.54, 1.807) is 0 Å². The number of rotatable bonds is 3. The molecule has 1 aromatic rings. The van der Waals surface area contributed by atoms with Gasteiger partial charge in [-0.05, 0) is 30.7 Å². The lowest BCUT2D eigenvalue weighted by molar-refractivity contribution is -0.274. The van der Waals surface area contributed by atoms with E-state index in [4.69, 9.17) is 4.74 Å². The average Bonchev–Trinajstić information content (AvgIpc) is 2.93. The largest absolute Gasteiger partial charge is 0.573 e. The van der Waals surface area contributed by atoms with Crippen LogP contribution in [0.15, 0.2) is 24.3 Å². The number of hydrogen-bond donors (Lipinski definition) is 0. The highest BCUT2D eigenvalue weighted by atomic mass is 32.2. The summed E-state index contributed by atoms with van der Waals surface area (Å²) in [5.41, 5.74) is 0. The Morgan fingerprint density at radius 1 is 1.14 bits per heavy atom. The maximum absolute atomic E-state index is 14.1. The van der Waals surface area contributed by atoms with Crippen molar-refractivity contribution in [3.8, 4) is 11.5 Å². The molecule has 7 nitrogen and oxygen atoms in total. The van der Waals surface area contributed by atoms with Crippen molar-refractivity contribution in [3.05, 3.63) is 24.3 Å². The molecule has 0 unspecified atom stereocenters. The van der Waals surface area contributed by atoms with Gasteiger partial charge in [0.05, 0.1) is 12.3 Å². The lowest BCUT2D eigenvalue weighted by Gasteiger charge is -2.39. The third kappa shape index (κ3) is 5.47. The predicted molar refractivity (Wildman–Crippen MR) is 89.2 cm³/mol. The van der Waals surface area contributed by atoms with Gasteiger partial charge in [-0.25, -0.2) is 22.0 Å². The van der Waals surface area contributed by atoms with E-state index < -0.39 is 53.2 Å². The minimum absolute atomic E-state index is 0.104. The number of amides is 1. The predicted octanol–water partition coefficient (Wildman–Crippen LogP) is 2.83. The molecule has 13 heteroatoms. The zero-order valence-corrected chi connectivity index (χ0v) is 15.7. The average molecular weight is 444 g/mol. The molecule has 0 aliphatic carbocycles. The molecule has 29 heavy (non-hydrogen) atoms. The summed E-state index contributed by atoms with van der Waals surface area (Å²) in [5.74, 6) is -4.17. The molecule has 0 N–H and O–H groups in total. The third-order valence-corrected chi connectivity index (χ3v) is 6.45. The van der Waals surface area contributed by atoms with Crippen molar-refractivity contribution >= 4 is 16.1 Å². The standard InChI is InChI=1S/C16H17F5N2O5S/c17-15(18)8-11(23-6-1-7-29(23,25)26)9-22(10-15)14(24)27-12-2-4-13(5-3-12)28-16(19,20)21/h2-5,11H,1,6-10H2/t11-/m1/s1. The molecule has 0 spiro atoms. The second-order valence-corrected chi connectivity index (χ2v) is 8.80. The number of sulfonamides is 1. The summed E-state index contributed by atoms with van der Waals surface area (Å²) in [6.07, 6.45) is -6.43. The van der Waals surface area contributed by atoms with Gasteiger partial charge < -0.3 is 14.4 Å². The zero-order valence-electron chi connectivity index (χ0n) is 14.9. The second kappa shape index (κ2) is 7.59. The fourth-order valence-corrected chi connectivity index (χ4v) is 5.08. The van der Waals surface area contributed by atoms with E-state index in [1.165, 1.54) is 0 Å². The van der Waals surface area contributed by atoms with Crippen LogP contribution in [0.25, 0.3) is 0 Å². The summed E-state index contributed by atoms with van der Waals surface area (Å²) in [7, 11) is -3.65. The zero-order chi connectivity index (χ0) is 21.4. The number of hydrogen-bond acceptors (Lipinski definition) is 5. The molecular formula is C16H17F5N2O5S. The molecule has 3 rings (SSSR count). The number of benzene rings is 1. The van der Waals surface area contributed by atoms with Gasteiger partial charge in [-0.1, -0.05) is 0 Å². The number of nitrogens with zero attached hydrogens (tertiary/aromatic N) is 2. The van der Waals surface area contributed by atoms with Crippen LogP contribution >= 0.6 is 0 Å². The van der Waals surface area contributed by atoms with Gasteiger partial charge >= 0.3 is 12.5 Å². The van der Waals surface area contributed by atoms with E-state index in [2.05, 4.69) is 4.74 Å². The maximum Gasteiger partial charge on any atom is 0.573 e. The van der Waals surface area contributed by atoms with Crippen LogP contribution in [0.5, 0.6) is 11.5 Å². The van der Waals surface area contributed by atoms with Crippen molar-refractivity contribution in [2.45, 2.75) is 31.2 Å². The number of piperidine rings is 1. The summed E-state index contributed by atoms with van der Waals surface area (Å²) in [5, 5.41) is 0. The number of likely N-dealkylation sites (tertiary alicyclic amines) is 1. The van der Waals surface area contributed by atoms with Gasteiger partial charge in [0.15, 0.2) is 0 Å². The quantitative estimate of drug-likeness (QED) is 0.671. The van der Waals surface area contributed by atoms with Crippen LogP contribution in [0.2, 0.25) is 0 Å². The highest BCUT2D eigenvalue weighted by Crippen LogP contribution is 2.33. The van der Waals surface area contributed by atoms with Crippen LogP contribution in [0.4, 0.5) is 26.7 Å². The summed E-state index contributed by atoms with van der Waals surface area (Å²) >= 11 is 0. The second-order valence-electron chi connectivity index (χ2n) is 6.76. The van der Waals surface area contributed by atoms with E-state index in [0.717, 1.165) is 28.6 Å². The molecule has 2 aliphatic heterocycles. The highest BCUT2D eigenvalue weighted by molar-refractivity contribution is 7.89. The Labute approximate surface area is 163 Å². The van der Waals surface area contributed by atoms with Gasteiger partial charge in [-0.2, -0.15) is 4.31 Å². The van der Waals surface area contributed by atoms with Gasteiger partial charge in [0.1, 0.15) is 11.5 Å². The van der Waals surface area contributed by atoms with Crippen molar-refractivity contribution in [2.75, 3.05) is 25.4 Å². The summed E-state index contributed by atoms with van der Waals surface area (Å²) in [4.78, 5) is 13.0. The molecule has 162 valence electrons. The Morgan fingerprint density at radius 2 is 1.76 bits per heavy atom. The fourth-order valence-electron chi connectivity index (χ4n) is 3.35. The number of carbonyl (C=O) groups is 1.